The molecule has 1 N–H and O–H groups in total. The Morgan fingerprint density at radius 2 is 1.95 bits per heavy atom. The van der Waals surface area contributed by atoms with Gasteiger partial charge in [-0.3, -0.25) is 15.5 Å². The van der Waals surface area contributed by atoms with Crippen LogP contribution < -0.4 is 5.43 Å². The van der Waals surface area contributed by atoms with Crippen molar-refractivity contribution in [2.75, 3.05) is 5.43 Å². The van der Waals surface area contributed by atoms with Gasteiger partial charge in [0.15, 0.2) is 0 Å². The van der Waals surface area contributed by atoms with Gasteiger partial charge in [-0.2, -0.15) is 5.10 Å². The van der Waals surface area contributed by atoms with E-state index in [9.17, 15) is 14.5 Å². The Morgan fingerprint density at radius 3 is 2.60 bits per heavy atom. The zero-order chi connectivity index (χ0) is 14.5. The van der Waals surface area contributed by atoms with E-state index in [1.165, 1.54) is 36.5 Å². The first-order valence-corrected chi connectivity index (χ1v) is 6.34. The lowest BCUT2D eigenvalue weighted by Crippen LogP contribution is -1.94. The monoisotopic (exact) mass is 337 g/mol. The molecule has 0 amide bonds. The summed E-state index contributed by atoms with van der Waals surface area (Å²) in [4.78, 5) is 10.0. The SMILES string of the molecule is O=[N+]([O-])c1ccc(N/N=C/c2cc(Br)ccc2F)cc1. The summed E-state index contributed by atoms with van der Waals surface area (Å²) in [6, 6.07) is 10.3. The number of nitro groups is 1. The fourth-order valence-electron chi connectivity index (χ4n) is 1.45. The second kappa shape index (κ2) is 6.25. The van der Waals surface area contributed by atoms with Crippen molar-refractivity contribution < 1.29 is 9.31 Å². The Bertz CT molecular complexity index is 659. The van der Waals surface area contributed by atoms with E-state index in [2.05, 4.69) is 26.5 Å². The van der Waals surface area contributed by atoms with Gasteiger partial charge in [-0.15, -0.1) is 0 Å². The number of hydrazone groups is 1. The highest BCUT2D eigenvalue weighted by Gasteiger charge is 2.03. The standard InChI is InChI=1S/C13H9BrFN3O2/c14-10-1-6-13(15)9(7-10)8-16-17-11-2-4-12(5-3-11)18(19)20/h1-8,17H/b16-8+. The van der Waals surface area contributed by atoms with Gasteiger partial charge < -0.3 is 0 Å². The van der Waals surface area contributed by atoms with E-state index in [1.807, 2.05) is 0 Å². The molecule has 102 valence electrons. The first-order chi connectivity index (χ1) is 9.56. The highest BCUT2D eigenvalue weighted by atomic mass is 79.9. The van der Waals surface area contributed by atoms with Gasteiger partial charge in [-0.1, -0.05) is 15.9 Å². The molecule has 5 nitrogen and oxygen atoms in total. The van der Waals surface area contributed by atoms with Crippen molar-refractivity contribution in [3.63, 3.8) is 0 Å². The molecule has 2 aromatic rings. The minimum Gasteiger partial charge on any atom is -0.278 e. The van der Waals surface area contributed by atoms with Crippen molar-refractivity contribution in [2.24, 2.45) is 5.10 Å². The average molecular weight is 338 g/mol. The molecule has 2 aromatic carbocycles. The molecule has 20 heavy (non-hydrogen) atoms. The van der Waals surface area contributed by atoms with Crippen LogP contribution in [0, 0.1) is 15.9 Å². The number of hydrogen-bond acceptors (Lipinski definition) is 4. The van der Waals surface area contributed by atoms with E-state index in [1.54, 1.807) is 12.1 Å². The van der Waals surface area contributed by atoms with Crippen LogP contribution in [0.2, 0.25) is 0 Å². The molecule has 2 rings (SSSR count). The first-order valence-electron chi connectivity index (χ1n) is 5.55. The highest BCUT2D eigenvalue weighted by Crippen LogP contribution is 2.16. The van der Waals surface area contributed by atoms with Gasteiger partial charge in [-0.05, 0) is 30.3 Å². The third-order valence-electron chi connectivity index (χ3n) is 2.43. The summed E-state index contributed by atoms with van der Waals surface area (Å²) in [7, 11) is 0. The maximum Gasteiger partial charge on any atom is 0.269 e. The maximum absolute atomic E-state index is 13.4. The van der Waals surface area contributed by atoms with Crippen LogP contribution in [0.1, 0.15) is 5.56 Å². The number of nitro benzene ring substituents is 1. The predicted molar refractivity (Wildman–Crippen MR) is 78.4 cm³/mol. The third kappa shape index (κ3) is 3.61. The van der Waals surface area contributed by atoms with Gasteiger partial charge in [0.1, 0.15) is 5.82 Å². The van der Waals surface area contributed by atoms with Crippen LogP contribution in [0.5, 0.6) is 0 Å². The quantitative estimate of drug-likeness (QED) is 0.522. The third-order valence-corrected chi connectivity index (χ3v) is 2.93. The minimum atomic E-state index is -0.482. The molecular weight excluding hydrogens is 329 g/mol. The minimum absolute atomic E-state index is 0.00226. The van der Waals surface area contributed by atoms with E-state index >= 15 is 0 Å². The Balaban J connectivity index is 2.06. The molecule has 7 heteroatoms. The lowest BCUT2D eigenvalue weighted by atomic mass is 10.2. The second-order valence-electron chi connectivity index (χ2n) is 3.84. The second-order valence-corrected chi connectivity index (χ2v) is 4.76. The Morgan fingerprint density at radius 1 is 1.25 bits per heavy atom. The molecule has 0 aliphatic heterocycles. The normalized spacial score (nSPS) is 10.7. The lowest BCUT2D eigenvalue weighted by molar-refractivity contribution is -0.384. The molecule has 0 atom stereocenters. The Labute approximate surface area is 122 Å². The van der Waals surface area contributed by atoms with Crippen molar-refractivity contribution >= 4 is 33.5 Å². The molecule has 0 aromatic heterocycles. The molecule has 0 spiro atoms. The van der Waals surface area contributed by atoms with Crippen molar-refractivity contribution in [1.29, 1.82) is 0 Å². The van der Waals surface area contributed by atoms with Crippen LogP contribution in [0.15, 0.2) is 52.0 Å². The van der Waals surface area contributed by atoms with Gasteiger partial charge in [0.25, 0.3) is 5.69 Å². The van der Waals surface area contributed by atoms with Crippen LogP contribution in [0.3, 0.4) is 0 Å². The molecule has 0 unspecified atom stereocenters. The largest absolute Gasteiger partial charge is 0.278 e. The van der Waals surface area contributed by atoms with Crippen LogP contribution in [-0.2, 0) is 0 Å². The number of nitrogens with zero attached hydrogens (tertiary/aromatic N) is 2. The summed E-state index contributed by atoms with van der Waals surface area (Å²) < 4.78 is 14.2. The summed E-state index contributed by atoms with van der Waals surface area (Å²) in [6.45, 7) is 0. The van der Waals surface area contributed by atoms with Gasteiger partial charge in [-0.25, -0.2) is 4.39 Å². The van der Waals surface area contributed by atoms with E-state index in [0.717, 1.165) is 4.47 Å². The lowest BCUT2D eigenvalue weighted by Gasteiger charge is -2.00. The molecule has 0 bridgehead atoms. The predicted octanol–water partition coefficient (Wildman–Crippen LogP) is 3.94. The van der Waals surface area contributed by atoms with Crippen LogP contribution in [-0.4, -0.2) is 11.1 Å². The molecule has 0 aliphatic carbocycles. The van der Waals surface area contributed by atoms with Crippen molar-refractivity contribution in [1.82, 2.24) is 0 Å². The van der Waals surface area contributed by atoms with Crippen LogP contribution in [0.25, 0.3) is 0 Å². The summed E-state index contributed by atoms with van der Waals surface area (Å²) >= 11 is 3.24. The van der Waals surface area contributed by atoms with Crippen molar-refractivity contribution in [2.45, 2.75) is 0 Å². The number of anilines is 1. The van der Waals surface area contributed by atoms with E-state index < -0.39 is 4.92 Å². The number of halogens is 2. The fraction of sp³-hybridized carbons (Fsp3) is 0. The van der Waals surface area contributed by atoms with Gasteiger partial charge in [0.2, 0.25) is 0 Å². The number of rotatable bonds is 4. The van der Waals surface area contributed by atoms with Crippen molar-refractivity contribution in [3.05, 3.63) is 68.4 Å². The average Bonchev–Trinajstić information content (AvgIpc) is 2.43. The number of hydrogen-bond donors (Lipinski definition) is 1. The fourth-order valence-corrected chi connectivity index (χ4v) is 1.83. The Kier molecular flexibility index (Phi) is 4.41. The van der Waals surface area contributed by atoms with Gasteiger partial charge in [0, 0.05) is 22.2 Å². The summed E-state index contributed by atoms with van der Waals surface area (Å²) in [5, 5.41) is 14.4. The summed E-state index contributed by atoms with van der Waals surface area (Å²) in [5.41, 5.74) is 3.57. The van der Waals surface area contributed by atoms with E-state index in [4.69, 9.17) is 0 Å². The number of non-ortho nitro benzene ring substituents is 1. The smallest absolute Gasteiger partial charge is 0.269 e. The van der Waals surface area contributed by atoms with Gasteiger partial charge >= 0.3 is 0 Å². The molecule has 0 radical (unpaired) electrons. The zero-order valence-corrected chi connectivity index (χ0v) is 11.7. The molecule has 0 saturated carbocycles. The van der Waals surface area contributed by atoms with Crippen molar-refractivity contribution in [3.8, 4) is 0 Å². The van der Waals surface area contributed by atoms with Gasteiger partial charge in [0.05, 0.1) is 16.8 Å². The molecular formula is C13H9BrFN3O2. The van der Waals surface area contributed by atoms with E-state index in [-0.39, 0.29) is 11.5 Å². The number of benzene rings is 2. The molecule has 0 fully saturated rings. The molecule has 0 heterocycles. The first kappa shape index (κ1) is 14.1. The zero-order valence-electron chi connectivity index (χ0n) is 10.1. The van der Waals surface area contributed by atoms with Crippen LogP contribution >= 0.6 is 15.9 Å². The topological polar surface area (TPSA) is 67.5 Å². The van der Waals surface area contributed by atoms with Crippen LogP contribution in [0.4, 0.5) is 15.8 Å². The maximum atomic E-state index is 13.4. The molecule has 0 saturated heterocycles. The summed E-state index contributed by atoms with van der Waals surface area (Å²) in [6.07, 6.45) is 1.33. The molecule has 0 aliphatic rings. The van der Waals surface area contributed by atoms with E-state index in [0.29, 0.717) is 11.3 Å². The Hall–Kier alpha value is -2.28. The summed E-state index contributed by atoms with van der Waals surface area (Å²) in [5.74, 6) is -0.387. The highest BCUT2D eigenvalue weighted by molar-refractivity contribution is 9.10. The number of nitrogens with one attached hydrogen (secondary N) is 1.